The zero-order valence-corrected chi connectivity index (χ0v) is 7.39. The molecule has 2 heteroatoms. The summed E-state index contributed by atoms with van der Waals surface area (Å²) in [5, 5.41) is 8.63. The monoisotopic (exact) mass is 218 g/mol. The summed E-state index contributed by atoms with van der Waals surface area (Å²) in [5.74, 6) is 0. The fourth-order valence-corrected chi connectivity index (χ4v) is 0.433. The van der Waals surface area contributed by atoms with Crippen LogP contribution in [0.1, 0.15) is 13.8 Å². The first kappa shape index (κ1) is 7.75. The zero-order chi connectivity index (χ0) is 5.91. The Morgan fingerprint density at radius 2 is 2.00 bits per heavy atom. The molecule has 0 rings (SSSR count). The van der Waals surface area contributed by atoms with Gasteiger partial charge in [-0.1, -0.05) is 0 Å². The second-order valence-corrected chi connectivity index (χ2v) is 6.44. The van der Waals surface area contributed by atoms with Crippen LogP contribution in [-0.4, -0.2) is 32.6 Å². The first-order valence-corrected chi connectivity index (χ1v) is 5.78. The summed E-state index contributed by atoms with van der Waals surface area (Å²) >= 11 is 0.0593. The zero-order valence-electron chi connectivity index (χ0n) is 5.06. The van der Waals surface area contributed by atoms with E-state index >= 15 is 0 Å². The van der Waals surface area contributed by atoms with Gasteiger partial charge in [-0.25, -0.2) is 0 Å². The molecule has 0 aliphatic carbocycles. The van der Waals surface area contributed by atoms with E-state index in [1.54, 1.807) is 0 Å². The van der Waals surface area contributed by atoms with Gasteiger partial charge in [0.05, 0.1) is 0 Å². The van der Waals surface area contributed by atoms with Gasteiger partial charge in [-0.15, -0.1) is 0 Å². The standard InChI is InChI=1S/C5H12OTe/c1-5(2,4-6)7-3/h6H,4H2,1-3H3. The Balaban J connectivity index is 3.36. The molecule has 0 aromatic rings. The Labute approximate surface area is 55.2 Å². The van der Waals surface area contributed by atoms with E-state index < -0.39 is 0 Å². The predicted molar refractivity (Wildman–Crippen MR) is 32.7 cm³/mol. The van der Waals surface area contributed by atoms with Crippen molar-refractivity contribution < 1.29 is 5.11 Å². The average Bonchev–Trinajstić information content (AvgIpc) is 1.68. The van der Waals surface area contributed by atoms with Gasteiger partial charge >= 0.3 is 54.9 Å². The normalized spacial score (nSPS) is 12.0. The van der Waals surface area contributed by atoms with Crippen molar-refractivity contribution in [3.63, 3.8) is 0 Å². The van der Waals surface area contributed by atoms with Gasteiger partial charge in [0.2, 0.25) is 0 Å². The maximum absolute atomic E-state index is 8.63. The van der Waals surface area contributed by atoms with Crippen molar-refractivity contribution >= 4 is 20.9 Å². The third-order valence-electron chi connectivity index (χ3n) is 0.933. The molecule has 0 spiro atoms. The first-order valence-electron chi connectivity index (χ1n) is 2.28. The molecule has 0 aromatic carbocycles. The van der Waals surface area contributed by atoms with Crippen molar-refractivity contribution in [1.82, 2.24) is 0 Å². The van der Waals surface area contributed by atoms with Crippen molar-refractivity contribution in [1.29, 1.82) is 0 Å². The molecule has 1 N–H and O–H groups in total. The molecule has 0 bridgehead atoms. The molecule has 7 heavy (non-hydrogen) atoms. The summed E-state index contributed by atoms with van der Waals surface area (Å²) < 4.78 is 0.269. The molecule has 44 valence electrons. The number of hydrogen-bond acceptors (Lipinski definition) is 1. The van der Waals surface area contributed by atoms with Crippen LogP contribution in [0.3, 0.4) is 0 Å². The van der Waals surface area contributed by atoms with Crippen molar-refractivity contribution in [3.05, 3.63) is 0 Å². The van der Waals surface area contributed by atoms with E-state index in [0.29, 0.717) is 6.61 Å². The third-order valence-corrected chi connectivity index (χ3v) is 4.46. The van der Waals surface area contributed by atoms with Crippen LogP contribution >= 0.6 is 0 Å². The van der Waals surface area contributed by atoms with Gasteiger partial charge in [0, 0.05) is 0 Å². The topological polar surface area (TPSA) is 20.2 Å². The van der Waals surface area contributed by atoms with Crippen molar-refractivity contribution in [2.75, 3.05) is 6.61 Å². The van der Waals surface area contributed by atoms with Crippen molar-refractivity contribution in [3.8, 4) is 0 Å². The molecule has 1 nitrogen and oxygen atoms in total. The quantitative estimate of drug-likeness (QED) is 0.680. The van der Waals surface area contributed by atoms with E-state index in [1.807, 2.05) is 0 Å². The van der Waals surface area contributed by atoms with Gasteiger partial charge in [-0.3, -0.25) is 0 Å². The van der Waals surface area contributed by atoms with Crippen LogP contribution in [0.2, 0.25) is 8.43 Å². The minimum atomic E-state index is 0.0593. The first-order chi connectivity index (χ1) is 3.12. The van der Waals surface area contributed by atoms with E-state index in [1.165, 1.54) is 0 Å². The van der Waals surface area contributed by atoms with Crippen LogP contribution in [0.25, 0.3) is 0 Å². The second kappa shape index (κ2) is 2.91. The molecule has 0 saturated carbocycles. The summed E-state index contributed by atoms with van der Waals surface area (Å²) in [4.78, 5) is 2.21. The van der Waals surface area contributed by atoms with Gasteiger partial charge in [0.25, 0.3) is 0 Å². The molecule has 0 unspecified atom stereocenters. The third kappa shape index (κ3) is 3.34. The van der Waals surface area contributed by atoms with Gasteiger partial charge in [-0.2, -0.15) is 0 Å². The van der Waals surface area contributed by atoms with Gasteiger partial charge < -0.3 is 0 Å². The number of aliphatic hydroxyl groups is 1. The van der Waals surface area contributed by atoms with Crippen LogP contribution in [0.4, 0.5) is 0 Å². The summed E-state index contributed by atoms with van der Waals surface area (Å²) in [6, 6.07) is 0. The Kier molecular flexibility index (Phi) is 3.23. The Hall–Kier alpha value is 0.750. The van der Waals surface area contributed by atoms with Crippen LogP contribution in [0, 0.1) is 0 Å². The second-order valence-electron chi connectivity index (χ2n) is 2.12. The SMILES string of the molecule is C[Te]C(C)(C)CO. The van der Waals surface area contributed by atoms with Crippen molar-refractivity contribution in [2.45, 2.75) is 22.3 Å². The molecule has 0 radical (unpaired) electrons. The van der Waals surface area contributed by atoms with Gasteiger partial charge in [0.15, 0.2) is 0 Å². The van der Waals surface area contributed by atoms with Crippen LogP contribution < -0.4 is 0 Å². The number of aliphatic hydroxyl groups excluding tert-OH is 1. The Morgan fingerprint density at radius 3 is 2.00 bits per heavy atom. The average molecular weight is 216 g/mol. The maximum atomic E-state index is 8.63. The molecule has 0 fully saturated rings. The fourth-order valence-electron chi connectivity index (χ4n) is 0.0645. The minimum absolute atomic E-state index is 0.0593. The number of rotatable bonds is 2. The van der Waals surface area contributed by atoms with Gasteiger partial charge in [-0.05, 0) is 0 Å². The van der Waals surface area contributed by atoms with Gasteiger partial charge in [0.1, 0.15) is 0 Å². The molecule has 0 amide bonds. The van der Waals surface area contributed by atoms with Crippen LogP contribution in [0.15, 0.2) is 0 Å². The summed E-state index contributed by atoms with van der Waals surface area (Å²) in [5.41, 5.74) is 0. The van der Waals surface area contributed by atoms with E-state index in [0.717, 1.165) is 0 Å². The summed E-state index contributed by atoms with van der Waals surface area (Å²) in [6.45, 7) is 4.57. The van der Waals surface area contributed by atoms with E-state index in [-0.39, 0.29) is 24.4 Å². The molecule has 0 aliphatic heterocycles. The Bertz CT molecular complexity index is 46.0. The van der Waals surface area contributed by atoms with Crippen LogP contribution in [-0.2, 0) is 0 Å². The fraction of sp³-hybridized carbons (Fsp3) is 1.00. The predicted octanol–water partition coefficient (Wildman–Crippen LogP) is 0.929. The summed E-state index contributed by atoms with van der Waals surface area (Å²) in [6.07, 6.45) is 0. The van der Waals surface area contributed by atoms with E-state index in [4.69, 9.17) is 5.11 Å². The number of hydrogen-bond donors (Lipinski definition) is 1. The molecule has 0 saturated heterocycles. The van der Waals surface area contributed by atoms with E-state index in [2.05, 4.69) is 18.8 Å². The van der Waals surface area contributed by atoms with Crippen molar-refractivity contribution in [2.24, 2.45) is 0 Å². The molecular weight excluding hydrogens is 204 g/mol. The molecular formula is C5H12OTe. The van der Waals surface area contributed by atoms with Crippen LogP contribution in [0.5, 0.6) is 0 Å². The summed E-state index contributed by atoms with van der Waals surface area (Å²) in [7, 11) is 0. The molecule has 0 atom stereocenters. The Morgan fingerprint density at radius 1 is 1.57 bits per heavy atom. The molecule has 0 aliphatic rings. The molecule has 0 aromatic heterocycles. The molecule has 0 heterocycles. The van der Waals surface area contributed by atoms with E-state index in [9.17, 15) is 0 Å².